The Morgan fingerprint density at radius 3 is 1.83 bits per heavy atom. The molecular weight excluding hydrogens is 470 g/mol. The van der Waals surface area contributed by atoms with Crippen molar-refractivity contribution >= 4 is 24.1 Å². The highest BCUT2D eigenvalue weighted by Crippen LogP contribution is 2.37. The summed E-state index contributed by atoms with van der Waals surface area (Å²) in [6.45, 7) is 14.9. The zero-order valence-electron chi connectivity index (χ0n) is 22.5. The lowest BCUT2D eigenvalue weighted by molar-refractivity contribution is -0.145. The van der Waals surface area contributed by atoms with Crippen LogP contribution in [0.4, 0.5) is 4.79 Å². The zero-order valence-corrected chi connectivity index (χ0v) is 22.5. The quantitative estimate of drug-likeness (QED) is 0.364. The summed E-state index contributed by atoms with van der Waals surface area (Å²) in [5, 5.41) is 9.63. The predicted octanol–water partition coefficient (Wildman–Crippen LogP) is 4.28. The fourth-order valence-electron chi connectivity index (χ4n) is 2.98. The number of nitrogens with two attached hydrogens (primary N) is 1. The molecule has 3 atom stereocenters. The summed E-state index contributed by atoms with van der Waals surface area (Å²) in [5.74, 6) is -3.87. The molecule has 10 nitrogen and oxygen atoms in total. The molecule has 0 saturated heterocycles. The van der Waals surface area contributed by atoms with E-state index < -0.39 is 52.8 Å². The number of carboxylic acids is 1. The number of carbonyl (C=O) groups excluding carboxylic acids is 3. The minimum atomic E-state index is -1.38. The lowest BCUT2D eigenvalue weighted by atomic mass is 9.82. The van der Waals surface area contributed by atoms with E-state index in [1.165, 1.54) is 18.2 Å². The third kappa shape index (κ3) is 9.14. The summed E-state index contributed by atoms with van der Waals surface area (Å²) in [4.78, 5) is 48.8. The molecule has 0 aliphatic heterocycles. The van der Waals surface area contributed by atoms with Crippen molar-refractivity contribution in [2.75, 3.05) is 6.61 Å². The maximum atomic E-state index is 12.6. The van der Waals surface area contributed by atoms with Gasteiger partial charge in [0.15, 0.2) is 11.5 Å². The largest absolute Gasteiger partial charge is 0.508 e. The molecular formula is C26H39NO9. The third-order valence-corrected chi connectivity index (χ3v) is 5.06. The van der Waals surface area contributed by atoms with Crippen molar-refractivity contribution in [3.63, 3.8) is 0 Å². The van der Waals surface area contributed by atoms with Crippen molar-refractivity contribution in [3.05, 3.63) is 23.8 Å². The fourth-order valence-corrected chi connectivity index (χ4v) is 2.98. The maximum absolute atomic E-state index is 12.6. The van der Waals surface area contributed by atoms with Gasteiger partial charge in [-0.25, -0.2) is 4.79 Å². The number of carboxylic acid groups (broad SMARTS) is 1. The Kier molecular flexibility index (Phi) is 10.5. The van der Waals surface area contributed by atoms with Gasteiger partial charge in [-0.15, -0.1) is 0 Å². The maximum Gasteiger partial charge on any atom is 0.508 e. The van der Waals surface area contributed by atoms with E-state index in [1.807, 2.05) is 0 Å². The van der Waals surface area contributed by atoms with Crippen LogP contribution in [-0.2, 0) is 23.9 Å². The molecule has 0 aromatic heterocycles. The second kappa shape index (κ2) is 12.2. The van der Waals surface area contributed by atoms with E-state index >= 15 is 0 Å². The van der Waals surface area contributed by atoms with E-state index in [0.717, 1.165) is 0 Å². The van der Waals surface area contributed by atoms with Crippen molar-refractivity contribution < 1.29 is 43.2 Å². The van der Waals surface area contributed by atoms with Crippen LogP contribution in [0.5, 0.6) is 11.5 Å². The van der Waals surface area contributed by atoms with Crippen LogP contribution in [0.1, 0.15) is 73.8 Å². The minimum absolute atomic E-state index is 0.00309. The van der Waals surface area contributed by atoms with E-state index in [2.05, 4.69) is 0 Å². The number of ether oxygens (including phenoxy) is 4. The summed E-state index contributed by atoms with van der Waals surface area (Å²) in [6, 6.07) is 3.01. The van der Waals surface area contributed by atoms with Gasteiger partial charge >= 0.3 is 24.1 Å². The number of esters is 2. The molecule has 0 aliphatic carbocycles. The molecule has 1 rings (SSSR count). The molecule has 3 N–H and O–H groups in total. The van der Waals surface area contributed by atoms with Crippen LogP contribution in [0.3, 0.4) is 0 Å². The topological polar surface area (TPSA) is 151 Å². The average Bonchev–Trinajstić information content (AvgIpc) is 2.72. The van der Waals surface area contributed by atoms with E-state index in [9.17, 15) is 24.3 Å². The van der Waals surface area contributed by atoms with Crippen LogP contribution < -0.4 is 15.2 Å². The lowest BCUT2D eigenvalue weighted by Gasteiger charge is -2.28. The lowest BCUT2D eigenvalue weighted by Crippen LogP contribution is -2.40. The Morgan fingerprint density at radius 2 is 1.39 bits per heavy atom. The second-order valence-electron chi connectivity index (χ2n) is 11.1. The first-order chi connectivity index (χ1) is 16.3. The number of benzene rings is 1. The molecule has 36 heavy (non-hydrogen) atoms. The smallest absolute Gasteiger partial charge is 0.480 e. The predicted molar refractivity (Wildman–Crippen MR) is 132 cm³/mol. The van der Waals surface area contributed by atoms with Gasteiger partial charge in [-0.1, -0.05) is 13.0 Å². The summed E-state index contributed by atoms with van der Waals surface area (Å²) in [7, 11) is 0. The summed E-state index contributed by atoms with van der Waals surface area (Å²) < 4.78 is 21.1. The van der Waals surface area contributed by atoms with Crippen LogP contribution in [0.25, 0.3) is 0 Å². The fraction of sp³-hybridized carbons (Fsp3) is 0.615. The SMILES string of the molecule is CC(C)OC(=O)OCC(C)C(c1ccc(OC(=O)C(C)(C)C)c(OC(=O)C(C)(C)C)c1)[C@H](N)C(=O)O. The Morgan fingerprint density at radius 1 is 0.889 bits per heavy atom. The van der Waals surface area contributed by atoms with Gasteiger partial charge in [0, 0.05) is 5.92 Å². The van der Waals surface area contributed by atoms with Gasteiger partial charge in [0.05, 0.1) is 23.5 Å². The van der Waals surface area contributed by atoms with Crippen LogP contribution in [-0.4, -0.2) is 47.9 Å². The third-order valence-electron chi connectivity index (χ3n) is 5.06. The molecule has 0 fully saturated rings. The molecule has 1 aromatic rings. The summed E-state index contributed by atoms with van der Waals surface area (Å²) >= 11 is 0. The molecule has 202 valence electrons. The van der Waals surface area contributed by atoms with Gasteiger partial charge in [-0.05, 0) is 79.0 Å². The van der Waals surface area contributed by atoms with Gasteiger partial charge in [0.25, 0.3) is 0 Å². The van der Waals surface area contributed by atoms with E-state index in [4.69, 9.17) is 24.7 Å². The van der Waals surface area contributed by atoms with Crippen LogP contribution in [0.15, 0.2) is 18.2 Å². The van der Waals surface area contributed by atoms with Gasteiger partial charge in [-0.3, -0.25) is 14.4 Å². The first-order valence-corrected chi connectivity index (χ1v) is 11.7. The van der Waals surface area contributed by atoms with Crippen molar-refractivity contribution in [1.29, 1.82) is 0 Å². The molecule has 10 heteroatoms. The van der Waals surface area contributed by atoms with Crippen molar-refractivity contribution in [2.45, 2.75) is 80.4 Å². The molecule has 0 aliphatic rings. The highest BCUT2D eigenvalue weighted by atomic mass is 16.7. The van der Waals surface area contributed by atoms with Crippen molar-refractivity contribution in [3.8, 4) is 11.5 Å². The summed E-state index contributed by atoms with van der Waals surface area (Å²) in [5.41, 5.74) is 4.72. The first-order valence-electron chi connectivity index (χ1n) is 11.7. The van der Waals surface area contributed by atoms with Crippen LogP contribution in [0, 0.1) is 16.7 Å². The highest BCUT2D eigenvalue weighted by Gasteiger charge is 2.34. The molecule has 0 saturated carbocycles. The number of rotatable bonds is 9. The standard InChI is InChI=1S/C26H39NO9/c1-14(2)34-24(32)33-13-15(3)19(20(27)21(28)29)16-10-11-17(35-22(30)25(4,5)6)18(12-16)36-23(31)26(7,8)9/h10-12,14-15,19-20H,13,27H2,1-9H3,(H,28,29)/t15?,19?,20-/m0/s1. The van der Waals surface area contributed by atoms with Crippen LogP contribution in [0.2, 0.25) is 0 Å². The normalized spacial score (nSPS) is 14.4. The Labute approximate surface area is 212 Å². The van der Waals surface area contributed by atoms with Crippen LogP contribution >= 0.6 is 0 Å². The van der Waals surface area contributed by atoms with Crippen molar-refractivity contribution in [1.82, 2.24) is 0 Å². The van der Waals surface area contributed by atoms with Gasteiger partial charge < -0.3 is 29.8 Å². The molecule has 0 heterocycles. The number of carbonyl (C=O) groups is 4. The zero-order chi connectivity index (χ0) is 28.0. The van der Waals surface area contributed by atoms with Gasteiger partial charge in [0.2, 0.25) is 0 Å². The summed E-state index contributed by atoms with van der Waals surface area (Å²) in [6.07, 6.45) is -1.27. The molecule has 2 unspecified atom stereocenters. The number of aliphatic carboxylic acids is 1. The van der Waals surface area contributed by atoms with Gasteiger partial charge in [0.1, 0.15) is 6.04 Å². The monoisotopic (exact) mass is 509 g/mol. The molecule has 0 radical (unpaired) electrons. The van der Waals surface area contributed by atoms with E-state index in [1.54, 1.807) is 62.3 Å². The number of hydrogen-bond donors (Lipinski definition) is 2. The van der Waals surface area contributed by atoms with E-state index in [0.29, 0.717) is 5.56 Å². The Hall–Kier alpha value is -3.14. The second-order valence-corrected chi connectivity index (χ2v) is 11.1. The Balaban J connectivity index is 3.45. The van der Waals surface area contributed by atoms with Crippen molar-refractivity contribution in [2.24, 2.45) is 22.5 Å². The Bertz CT molecular complexity index is 957. The molecule has 0 amide bonds. The number of hydrogen-bond acceptors (Lipinski definition) is 9. The molecule has 0 bridgehead atoms. The first kappa shape index (κ1) is 30.9. The molecule has 1 aromatic carbocycles. The average molecular weight is 510 g/mol. The molecule has 0 spiro atoms. The van der Waals surface area contributed by atoms with E-state index in [-0.39, 0.29) is 24.2 Å². The minimum Gasteiger partial charge on any atom is -0.480 e. The highest BCUT2D eigenvalue weighted by molar-refractivity contribution is 5.81. The van der Waals surface area contributed by atoms with Gasteiger partial charge in [-0.2, -0.15) is 0 Å².